The summed E-state index contributed by atoms with van der Waals surface area (Å²) in [6.45, 7) is 0.315. The van der Waals surface area contributed by atoms with Gasteiger partial charge in [0.1, 0.15) is 0 Å². The van der Waals surface area contributed by atoms with Gasteiger partial charge in [-0.1, -0.05) is 12.1 Å². The lowest BCUT2D eigenvalue weighted by atomic mass is 10.2. The van der Waals surface area contributed by atoms with Crippen LogP contribution in [0.2, 0.25) is 0 Å². The van der Waals surface area contributed by atoms with Crippen LogP contribution in [0.15, 0.2) is 24.3 Å². The maximum absolute atomic E-state index is 9.67. The zero-order valence-corrected chi connectivity index (χ0v) is 6.41. The van der Waals surface area contributed by atoms with E-state index >= 15 is 0 Å². The standard InChI is InChI=1S/C8H9N2O2/c9-8-3-1-7(2-4-8)5-12-10-6-11/h1-4H,5,9H2,(H,10,11). The van der Waals surface area contributed by atoms with Crippen molar-refractivity contribution >= 4 is 12.1 Å². The third kappa shape index (κ3) is 2.59. The minimum atomic E-state index is 0.315. The molecule has 3 N–H and O–H groups in total. The molecule has 0 saturated carbocycles. The van der Waals surface area contributed by atoms with Crippen LogP contribution < -0.4 is 11.2 Å². The Hall–Kier alpha value is -1.55. The quantitative estimate of drug-likeness (QED) is 0.293. The van der Waals surface area contributed by atoms with Crippen LogP contribution in [0.1, 0.15) is 5.56 Å². The summed E-state index contributed by atoms with van der Waals surface area (Å²) in [4.78, 5) is 14.4. The zero-order valence-electron chi connectivity index (χ0n) is 6.41. The fourth-order valence-corrected chi connectivity index (χ4v) is 0.763. The van der Waals surface area contributed by atoms with E-state index in [4.69, 9.17) is 10.6 Å². The monoisotopic (exact) mass is 165 g/mol. The van der Waals surface area contributed by atoms with Crippen molar-refractivity contribution in [2.24, 2.45) is 0 Å². The first-order chi connectivity index (χ1) is 5.83. The minimum absolute atomic E-state index is 0.315. The molecule has 0 saturated heterocycles. The lowest BCUT2D eigenvalue weighted by Gasteiger charge is -2.00. The average Bonchev–Trinajstić information content (AvgIpc) is 2.09. The Balaban J connectivity index is 2.42. The molecule has 0 aromatic heterocycles. The molecule has 1 rings (SSSR count). The van der Waals surface area contributed by atoms with E-state index in [0.29, 0.717) is 12.3 Å². The van der Waals surface area contributed by atoms with Gasteiger partial charge >= 0.3 is 6.41 Å². The fraction of sp³-hybridized carbons (Fsp3) is 0.125. The summed E-state index contributed by atoms with van der Waals surface area (Å²) < 4.78 is 0. The van der Waals surface area contributed by atoms with Crippen LogP contribution >= 0.6 is 0 Å². The van der Waals surface area contributed by atoms with Gasteiger partial charge in [-0.25, -0.2) is 5.48 Å². The van der Waals surface area contributed by atoms with Crippen LogP contribution in [-0.2, 0) is 16.2 Å². The van der Waals surface area contributed by atoms with Crippen molar-refractivity contribution in [2.45, 2.75) is 6.61 Å². The molecule has 0 heterocycles. The van der Waals surface area contributed by atoms with Gasteiger partial charge < -0.3 is 5.73 Å². The smallest absolute Gasteiger partial charge is 0.335 e. The highest BCUT2D eigenvalue weighted by Gasteiger charge is 1.91. The number of rotatable bonds is 4. The molecule has 1 amide bonds. The number of nitrogens with two attached hydrogens (primary N) is 1. The van der Waals surface area contributed by atoms with Gasteiger partial charge in [0.25, 0.3) is 0 Å². The minimum Gasteiger partial charge on any atom is -0.399 e. The maximum Gasteiger partial charge on any atom is 0.335 e. The van der Waals surface area contributed by atoms with Crippen LogP contribution in [0.5, 0.6) is 0 Å². The van der Waals surface area contributed by atoms with E-state index in [1.807, 2.05) is 17.6 Å². The van der Waals surface area contributed by atoms with Crippen molar-refractivity contribution in [3.8, 4) is 0 Å². The lowest BCUT2D eigenvalue weighted by molar-refractivity contribution is 0.0692. The Morgan fingerprint density at radius 2 is 2.08 bits per heavy atom. The van der Waals surface area contributed by atoms with E-state index in [2.05, 4.69) is 0 Å². The third-order valence-electron chi connectivity index (χ3n) is 1.33. The van der Waals surface area contributed by atoms with E-state index in [1.54, 1.807) is 12.1 Å². The molecule has 1 radical (unpaired) electrons. The number of anilines is 1. The number of hydrogen-bond donors (Lipinski definition) is 2. The summed E-state index contributed by atoms with van der Waals surface area (Å²) in [6, 6.07) is 7.18. The SMILES string of the molecule is Nc1ccc(CON[C]=O)cc1. The third-order valence-corrected chi connectivity index (χ3v) is 1.33. The highest BCUT2D eigenvalue weighted by atomic mass is 16.6. The van der Waals surface area contributed by atoms with E-state index in [0.717, 1.165) is 5.56 Å². The van der Waals surface area contributed by atoms with Crippen LogP contribution in [0.4, 0.5) is 5.69 Å². The topological polar surface area (TPSA) is 64.3 Å². The van der Waals surface area contributed by atoms with Crippen LogP contribution in [0.3, 0.4) is 0 Å². The molecule has 0 bridgehead atoms. The summed E-state index contributed by atoms with van der Waals surface area (Å²) in [5.74, 6) is 0. The second-order valence-corrected chi connectivity index (χ2v) is 2.23. The van der Waals surface area contributed by atoms with Gasteiger partial charge in [-0.2, -0.15) is 0 Å². The highest BCUT2D eigenvalue weighted by molar-refractivity contribution is 5.45. The molecule has 63 valence electrons. The van der Waals surface area contributed by atoms with Crippen molar-refractivity contribution in [3.63, 3.8) is 0 Å². The van der Waals surface area contributed by atoms with E-state index < -0.39 is 0 Å². The number of amides is 1. The number of carbonyl (C=O) groups excluding carboxylic acids is 1. The van der Waals surface area contributed by atoms with Gasteiger partial charge in [0, 0.05) is 5.69 Å². The van der Waals surface area contributed by atoms with E-state index in [9.17, 15) is 4.79 Å². The van der Waals surface area contributed by atoms with Gasteiger partial charge in [-0.05, 0) is 17.7 Å². The predicted octanol–water partition coefficient (Wildman–Crippen LogP) is 0.357. The molecule has 0 aliphatic heterocycles. The second-order valence-electron chi connectivity index (χ2n) is 2.23. The predicted molar refractivity (Wildman–Crippen MR) is 44.5 cm³/mol. The molecule has 0 unspecified atom stereocenters. The molecule has 4 heteroatoms. The Kier molecular flexibility index (Phi) is 3.10. The van der Waals surface area contributed by atoms with Crippen LogP contribution in [0.25, 0.3) is 0 Å². The Bertz CT molecular complexity index is 246. The molecule has 0 aliphatic carbocycles. The van der Waals surface area contributed by atoms with Crippen LogP contribution in [0, 0.1) is 0 Å². The van der Waals surface area contributed by atoms with Crippen molar-refractivity contribution in [1.82, 2.24) is 5.48 Å². The summed E-state index contributed by atoms with van der Waals surface area (Å²) in [5, 5.41) is 0. The first kappa shape index (κ1) is 8.55. The largest absolute Gasteiger partial charge is 0.399 e. The molecular weight excluding hydrogens is 156 g/mol. The molecule has 0 aliphatic rings. The summed E-state index contributed by atoms with van der Waals surface area (Å²) >= 11 is 0. The molecule has 0 fully saturated rings. The maximum atomic E-state index is 9.67. The van der Waals surface area contributed by atoms with Gasteiger partial charge in [-0.15, -0.1) is 0 Å². The molecule has 0 atom stereocenters. The second kappa shape index (κ2) is 4.35. The molecule has 12 heavy (non-hydrogen) atoms. The van der Waals surface area contributed by atoms with Gasteiger partial charge in [0.05, 0.1) is 6.61 Å². The summed E-state index contributed by atoms with van der Waals surface area (Å²) in [5.41, 5.74) is 9.08. The van der Waals surface area contributed by atoms with Crippen LogP contribution in [-0.4, -0.2) is 6.41 Å². The molecule has 1 aromatic rings. The van der Waals surface area contributed by atoms with Crippen molar-refractivity contribution in [2.75, 3.05) is 5.73 Å². The van der Waals surface area contributed by atoms with Crippen molar-refractivity contribution in [3.05, 3.63) is 29.8 Å². The summed E-state index contributed by atoms with van der Waals surface area (Å²) in [6.07, 6.45) is 1.40. The Morgan fingerprint density at radius 1 is 1.42 bits per heavy atom. The number of hydrogen-bond acceptors (Lipinski definition) is 3. The number of hydroxylamine groups is 1. The average molecular weight is 165 g/mol. The number of benzene rings is 1. The van der Waals surface area contributed by atoms with E-state index in [-0.39, 0.29) is 0 Å². The van der Waals surface area contributed by atoms with Crippen molar-refractivity contribution < 1.29 is 9.63 Å². The summed E-state index contributed by atoms with van der Waals surface area (Å²) in [7, 11) is 0. The highest BCUT2D eigenvalue weighted by Crippen LogP contribution is 2.05. The Labute approximate surface area is 70.3 Å². The number of nitrogen functional groups attached to an aromatic ring is 1. The van der Waals surface area contributed by atoms with Gasteiger partial charge in [0.15, 0.2) is 0 Å². The molecule has 1 aromatic carbocycles. The zero-order chi connectivity index (χ0) is 8.81. The molecule has 4 nitrogen and oxygen atoms in total. The fourth-order valence-electron chi connectivity index (χ4n) is 0.763. The van der Waals surface area contributed by atoms with E-state index in [1.165, 1.54) is 6.41 Å². The van der Waals surface area contributed by atoms with Crippen molar-refractivity contribution in [1.29, 1.82) is 0 Å². The molecule has 0 spiro atoms. The lowest BCUT2D eigenvalue weighted by Crippen LogP contribution is -2.10. The normalized spacial score (nSPS) is 9.33. The first-order valence-electron chi connectivity index (χ1n) is 3.41. The number of nitrogens with one attached hydrogen (secondary N) is 1. The molecular formula is C8H9N2O2. The first-order valence-corrected chi connectivity index (χ1v) is 3.41. The Morgan fingerprint density at radius 3 is 2.67 bits per heavy atom. The van der Waals surface area contributed by atoms with Gasteiger partial charge in [0.2, 0.25) is 0 Å². The van der Waals surface area contributed by atoms with Gasteiger partial charge in [-0.3, -0.25) is 9.63 Å².